The molecule has 25 heavy (non-hydrogen) atoms. The molecule has 0 amide bonds. The van der Waals surface area contributed by atoms with Crippen LogP contribution in [-0.4, -0.2) is 4.57 Å². The summed E-state index contributed by atoms with van der Waals surface area (Å²) in [7, 11) is 0. The number of nitrogens with zero attached hydrogens (tertiary/aromatic N) is 2. The SMILES string of the molecule is [2H]c1n2c(c(C)[n+]1-c1ccccc1C)-c1ccccc1C2([2H])C1CCCC1. The Morgan fingerprint density at radius 3 is 2.56 bits per heavy atom. The van der Waals surface area contributed by atoms with Crippen molar-refractivity contribution >= 4 is 0 Å². The monoisotopic (exact) mass is 331 g/mol. The van der Waals surface area contributed by atoms with Crippen LogP contribution in [0.4, 0.5) is 0 Å². The van der Waals surface area contributed by atoms with Crippen LogP contribution in [0.3, 0.4) is 0 Å². The first-order valence-electron chi connectivity index (χ1n) is 10.4. The third-order valence-corrected chi connectivity index (χ3v) is 5.90. The predicted molar refractivity (Wildman–Crippen MR) is 101 cm³/mol. The number of benzene rings is 2. The molecule has 1 fully saturated rings. The number of hydrogen-bond acceptors (Lipinski definition) is 0. The molecule has 1 saturated carbocycles. The highest BCUT2D eigenvalue weighted by Crippen LogP contribution is 2.48. The summed E-state index contributed by atoms with van der Waals surface area (Å²) < 4.78 is 22.8. The summed E-state index contributed by atoms with van der Waals surface area (Å²) in [6.07, 6.45) is 4.92. The lowest BCUT2D eigenvalue weighted by atomic mass is 9.91. The molecule has 126 valence electrons. The summed E-state index contributed by atoms with van der Waals surface area (Å²) in [6.45, 7) is 4.18. The summed E-state index contributed by atoms with van der Waals surface area (Å²) >= 11 is 0. The number of aromatic nitrogens is 2. The van der Waals surface area contributed by atoms with Crippen molar-refractivity contribution in [3.8, 4) is 16.9 Å². The first-order chi connectivity index (χ1) is 13.0. The second-order valence-corrected chi connectivity index (χ2v) is 7.40. The molecule has 0 N–H and O–H groups in total. The van der Waals surface area contributed by atoms with Gasteiger partial charge in [0.1, 0.15) is 11.7 Å². The fourth-order valence-corrected chi connectivity index (χ4v) is 4.67. The normalized spacial score (nSPS) is 23.3. The maximum absolute atomic E-state index is 9.64. The molecule has 0 saturated heterocycles. The van der Waals surface area contributed by atoms with Crippen LogP contribution in [0.15, 0.2) is 54.8 Å². The fraction of sp³-hybridized carbons (Fsp3) is 0.348. The lowest BCUT2D eigenvalue weighted by Crippen LogP contribution is -2.33. The fourth-order valence-electron chi connectivity index (χ4n) is 4.67. The van der Waals surface area contributed by atoms with Gasteiger partial charge in [-0.3, -0.25) is 0 Å². The largest absolute Gasteiger partial charge is 0.250 e. The highest BCUT2D eigenvalue weighted by atomic mass is 15.2. The molecular weight excluding hydrogens is 304 g/mol. The van der Waals surface area contributed by atoms with Crippen molar-refractivity contribution in [1.29, 1.82) is 0 Å². The first-order valence-corrected chi connectivity index (χ1v) is 9.35. The van der Waals surface area contributed by atoms with Crippen LogP contribution in [0.1, 0.15) is 51.3 Å². The Kier molecular flexibility index (Phi) is 2.89. The number of fused-ring (bicyclic) bond motifs is 3. The molecule has 0 spiro atoms. The number of imidazole rings is 1. The van der Waals surface area contributed by atoms with Gasteiger partial charge in [0, 0.05) is 24.0 Å². The Hall–Kier alpha value is -2.35. The van der Waals surface area contributed by atoms with Gasteiger partial charge in [-0.2, -0.15) is 4.57 Å². The van der Waals surface area contributed by atoms with Crippen LogP contribution >= 0.6 is 0 Å². The number of aryl methyl sites for hydroxylation is 1. The van der Waals surface area contributed by atoms with E-state index in [-0.39, 0.29) is 5.92 Å². The van der Waals surface area contributed by atoms with Gasteiger partial charge in [-0.05, 0) is 31.4 Å². The summed E-state index contributed by atoms with van der Waals surface area (Å²) in [5.74, 6) is 0.265. The van der Waals surface area contributed by atoms with Crippen molar-refractivity contribution in [2.75, 3.05) is 0 Å². The molecule has 0 radical (unpaired) electrons. The van der Waals surface area contributed by atoms with Crippen molar-refractivity contribution in [3.63, 3.8) is 0 Å². The average molecular weight is 331 g/mol. The van der Waals surface area contributed by atoms with Crippen LogP contribution in [0.25, 0.3) is 16.9 Å². The van der Waals surface area contributed by atoms with Crippen LogP contribution in [0, 0.1) is 19.8 Å². The maximum atomic E-state index is 9.64. The van der Waals surface area contributed by atoms with Crippen molar-refractivity contribution in [3.05, 3.63) is 71.7 Å². The molecule has 3 aromatic rings. The molecular formula is C23H25N2+. The third-order valence-electron chi connectivity index (χ3n) is 5.90. The smallest absolute Gasteiger partial charge is 0.222 e. The van der Waals surface area contributed by atoms with Crippen LogP contribution < -0.4 is 4.57 Å². The quantitative estimate of drug-likeness (QED) is 0.575. The minimum absolute atomic E-state index is 0.265. The van der Waals surface area contributed by atoms with Crippen molar-refractivity contribution < 1.29 is 7.31 Å². The lowest BCUT2D eigenvalue weighted by molar-refractivity contribution is -0.602. The zero-order valence-electron chi connectivity index (χ0n) is 16.9. The zero-order chi connectivity index (χ0) is 18.8. The summed E-state index contributed by atoms with van der Waals surface area (Å²) in [6, 6.07) is 15.7. The molecule has 2 heterocycles. The Morgan fingerprint density at radius 2 is 1.76 bits per heavy atom. The van der Waals surface area contributed by atoms with E-state index in [0.29, 0.717) is 6.30 Å². The van der Waals surface area contributed by atoms with Gasteiger partial charge in [0.25, 0.3) is 0 Å². The standard InChI is InChI=1S/C23H25N2/c1-16-9-3-8-14-21(16)24-15-25-22(17(24)2)19-12-6-7-13-20(19)23(25)18-10-4-5-11-18/h3,6-9,12-15,18,23H,4-5,10-11H2,1-2H3/q+1/i15D,23D. The minimum Gasteiger partial charge on any atom is -0.222 e. The molecule has 2 heteroatoms. The Morgan fingerprint density at radius 1 is 1.04 bits per heavy atom. The number of hydrogen-bond donors (Lipinski definition) is 0. The van der Waals surface area contributed by atoms with E-state index in [9.17, 15) is 1.37 Å². The van der Waals surface area contributed by atoms with Crippen LogP contribution in [0.2, 0.25) is 0 Å². The van der Waals surface area contributed by atoms with Crippen LogP contribution in [-0.2, 0) is 0 Å². The van der Waals surface area contributed by atoms with E-state index in [1.807, 2.05) is 27.3 Å². The van der Waals surface area contributed by atoms with Crippen molar-refractivity contribution in [2.45, 2.75) is 45.5 Å². The minimum atomic E-state index is -0.877. The van der Waals surface area contributed by atoms with E-state index in [0.717, 1.165) is 46.6 Å². The Bertz CT molecular complexity index is 1050. The maximum Gasteiger partial charge on any atom is 0.250 e. The molecule has 2 aliphatic rings. The van der Waals surface area contributed by atoms with E-state index >= 15 is 0 Å². The Balaban J connectivity index is 1.84. The van der Waals surface area contributed by atoms with Gasteiger partial charge in [0.05, 0.1) is 1.37 Å². The molecule has 0 bridgehead atoms. The molecule has 5 rings (SSSR count). The third kappa shape index (κ3) is 2.13. The molecule has 1 aliphatic heterocycles. The summed E-state index contributed by atoms with van der Waals surface area (Å²) in [4.78, 5) is 0. The Labute approximate surface area is 152 Å². The number of rotatable bonds is 2. The van der Waals surface area contributed by atoms with Gasteiger partial charge in [-0.15, -0.1) is 0 Å². The zero-order valence-corrected chi connectivity index (χ0v) is 14.9. The van der Waals surface area contributed by atoms with Crippen LogP contribution in [0.5, 0.6) is 0 Å². The highest BCUT2D eigenvalue weighted by Gasteiger charge is 2.42. The van der Waals surface area contributed by atoms with Gasteiger partial charge in [0.15, 0.2) is 12.8 Å². The molecule has 1 aromatic heterocycles. The average Bonchev–Trinajstić information content (AvgIpc) is 3.35. The lowest BCUT2D eigenvalue weighted by Gasteiger charge is -2.17. The molecule has 2 aromatic carbocycles. The highest BCUT2D eigenvalue weighted by molar-refractivity contribution is 5.71. The summed E-state index contributed by atoms with van der Waals surface area (Å²) in [5.41, 5.74) is 6.47. The van der Waals surface area contributed by atoms with E-state index in [4.69, 9.17) is 1.37 Å². The van der Waals surface area contributed by atoms with Gasteiger partial charge in [-0.1, -0.05) is 55.3 Å². The van der Waals surface area contributed by atoms with Gasteiger partial charge >= 0.3 is 0 Å². The molecule has 1 atom stereocenters. The number of para-hydroxylation sites is 1. The van der Waals surface area contributed by atoms with Gasteiger partial charge in [-0.25, -0.2) is 4.57 Å². The first kappa shape index (κ1) is 12.9. The van der Waals surface area contributed by atoms with Gasteiger partial charge in [0.2, 0.25) is 6.30 Å². The van der Waals surface area contributed by atoms with Crippen molar-refractivity contribution in [1.82, 2.24) is 4.57 Å². The van der Waals surface area contributed by atoms with Gasteiger partial charge < -0.3 is 0 Å². The predicted octanol–water partition coefficient (Wildman–Crippen LogP) is 5.14. The summed E-state index contributed by atoms with van der Waals surface area (Å²) in [5, 5.41) is 0. The van der Waals surface area contributed by atoms with Crippen molar-refractivity contribution in [2.24, 2.45) is 5.92 Å². The van der Waals surface area contributed by atoms with E-state index in [1.54, 1.807) is 0 Å². The van der Waals surface area contributed by atoms with E-state index in [1.165, 1.54) is 12.8 Å². The topological polar surface area (TPSA) is 8.81 Å². The van der Waals surface area contributed by atoms with E-state index in [2.05, 4.69) is 44.2 Å². The molecule has 2 nitrogen and oxygen atoms in total. The molecule has 1 unspecified atom stereocenters. The second-order valence-electron chi connectivity index (χ2n) is 7.40. The molecule has 1 aliphatic carbocycles. The van der Waals surface area contributed by atoms with E-state index < -0.39 is 6.02 Å². The second kappa shape index (κ2) is 5.59.